The van der Waals surface area contributed by atoms with Gasteiger partial charge in [-0.1, -0.05) is 12.8 Å². The highest BCUT2D eigenvalue weighted by molar-refractivity contribution is 5.78. The van der Waals surface area contributed by atoms with Gasteiger partial charge in [0.2, 0.25) is 11.9 Å². The maximum Gasteiger partial charge on any atom is 0.225 e. The number of aryl methyl sites for hydroxylation is 1. The molecule has 4 heterocycles. The molecule has 7 nitrogen and oxygen atoms in total. The van der Waals surface area contributed by atoms with Crippen LogP contribution in [0.2, 0.25) is 0 Å². The number of likely N-dealkylation sites (tertiary alicyclic amines) is 1. The van der Waals surface area contributed by atoms with E-state index < -0.39 is 0 Å². The van der Waals surface area contributed by atoms with Crippen LogP contribution in [0.15, 0.2) is 28.8 Å². The summed E-state index contributed by atoms with van der Waals surface area (Å²) in [5.41, 5.74) is 0.966. The van der Waals surface area contributed by atoms with Gasteiger partial charge in [0.15, 0.2) is 0 Å². The second-order valence-electron chi connectivity index (χ2n) is 8.54. The van der Waals surface area contributed by atoms with Gasteiger partial charge in [-0.15, -0.1) is 0 Å². The highest BCUT2D eigenvalue weighted by Crippen LogP contribution is 2.21. The molecule has 4 rings (SSSR count). The number of rotatable bonds is 6. The van der Waals surface area contributed by atoms with E-state index in [9.17, 15) is 4.79 Å². The summed E-state index contributed by atoms with van der Waals surface area (Å²) in [7, 11) is 0. The lowest BCUT2D eigenvalue weighted by atomic mass is 9.96. The van der Waals surface area contributed by atoms with Crippen LogP contribution in [0, 0.1) is 12.8 Å². The van der Waals surface area contributed by atoms with Crippen LogP contribution in [0.3, 0.4) is 0 Å². The highest BCUT2D eigenvalue weighted by Gasteiger charge is 2.26. The van der Waals surface area contributed by atoms with Gasteiger partial charge in [-0.05, 0) is 63.9 Å². The smallest absolute Gasteiger partial charge is 0.225 e. The van der Waals surface area contributed by atoms with Gasteiger partial charge in [0.05, 0.1) is 13.1 Å². The number of furan rings is 1. The van der Waals surface area contributed by atoms with Crippen molar-refractivity contribution in [1.29, 1.82) is 0 Å². The second-order valence-corrected chi connectivity index (χ2v) is 8.54. The van der Waals surface area contributed by atoms with Crippen LogP contribution in [0.4, 0.5) is 5.95 Å². The Balaban J connectivity index is 1.21. The first-order chi connectivity index (χ1) is 14.7. The molecule has 0 unspecified atom stereocenters. The minimum Gasteiger partial charge on any atom is -0.463 e. The summed E-state index contributed by atoms with van der Waals surface area (Å²) in [6.45, 7) is 7.22. The third kappa shape index (κ3) is 5.59. The standard InChI is InChI=1S/C23H33N5O2/c1-18-8-11-24-23(26-18)28-14-9-19(10-15-28)22(29)25-16-20-6-7-21(30-20)17-27-12-4-2-3-5-13-27/h6-8,11,19H,2-5,9-10,12-17H2,1H3,(H,25,29). The van der Waals surface area contributed by atoms with Gasteiger partial charge < -0.3 is 14.6 Å². The molecule has 0 spiro atoms. The number of nitrogens with zero attached hydrogens (tertiary/aromatic N) is 4. The predicted molar refractivity (Wildman–Crippen MR) is 116 cm³/mol. The van der Waals surface area contributed by atoms with Gasteiger partial charge in [-0.25, -0.2) is 9.97 Å². The normalized spacial score (nSPS) is 18.9. The molecular formula is C23H33N5O2. The zero-order chi connectivity index (χ0) is 20.8. The molecule has 162 valence electrons. The van der Waals surface area contributed by atoms with Gasteiger partial charge in [0.25, 0.3) is 0 Å². The van der Waals surface area contributed by atoms with Crippen LogP contribution in [-0.4, -0.2) is 47.0 Å². The van der Waals surface area contributed by atoms with E-state index in [4.69, 9.17) is 4.42 Å². The largest absolute Gasteiger partial charge is 0.463 e. The molecule has 2 aromatic heterocycles. The van der Waals surface area contributed by atoms with Crippen LogP contribution in [0.25, 0.3) is 0 Å². The van der Waals surface area contributed by atoms with Crippen LogP contribution in [0.5, 0.6) is 0 Å². The summed E-state index contributed by atoms with van der Waals surface area (Å²) >= 11 is 0. The Kier molecular flexibility index (Phi) is 7.00. The highest BCUT2D eigenvalue weighted by atomic mass is 16.3. The van der Waals surface area contributed by atoms with E-state index in [1.54, 1.807) is 6.20 Å². The molecule has 30 heavy (non-hydrogen) atoms. The van der Waals surface area contributed by atoms with E-state index in [1.165, 1.54) is 25.7 Å². The number of hydrogen-bond acceptors (Lipinski definition) is 6. The molecule has 0 radical (unpaired) electrons. The Morgan fingerprint density at radius 2 is 1.80 bits per heavy atom. The van der Waals surface area contributed by atoms with Crippen molar-refractivity contribution in [3.63, 3.8) is 0 Å². The molecule has 2 saturated heterocycles. The molecule has 1 N–H and O–H groups in total. The van der Waals surface area contributed by atoms with Crippen molar-refractivity contribution < 1.29 is 9.21 Å². The predicted octanol–water partition coefficient (Wildman–Crippen LogP) is 3.29. The molecule has 0 aliphatic carbocycles. The second kappa shape index (κ2) is 10.1. The third-order valence-electron chi connectivity index (χ3n) is 6.16. The van der Waals surface area contributed by atoms with Crippen molar-refractivity contribution in [3.05, 3.63) is 41.6 Å². The van der Waals surface area contributed by atoms with Gasteiger partial charge in [0.1, 0.15) is 11.5 Å². The fourth-order valence-electron chi connectivity index (χ4n) is 4.37. The number of carbonyl (C=O) groups is 1. The van der Waals surface area contributed by atoms with Crippen molar-refractivity contribution >= 4 is 11.9 Å². The molecule has 7 heteroatoms. The molecule has 1 amide bonds. The number of hydrogen-bond donors (Lipinski definition) is 1. The monoisotopic (exact) mass is 411 g/mol. The van der Waals surface area contributed by atoms with Crippen molar-refractivity contribution in [3.8, 4) is 0 Å². The molecule has 0 bridgehead atoms. The van der Waals surface area contributed by atoms with E-state index in [0.29, 0.717) is 6.54 Å². The topological polar surface area (TPSA) is 74.5 Å². The quantitative estimate of drug-likeness (QED) is 0.786. The summed E-state index contributed by atoms with van der Waals surface area (Å²) in [6.07, 6.45) is 8.66. The molecule has 0 saturated carbocycles. The molecule has 2 fully saturated rings. The van der Waals surface area contributed by atoms with Gasteiger partial charge >= 0.3 is 0 Å². The van der Waals surface area contributed by atoms with E-state index in [1.807, 2.05) is 25.1 Å². The lowest BCUT2D eigenvalue weighted by molar-refractivity contribution is -0.125. The third-order valence-corrected chi connectivity index (χ3v) is 6.16. The Hall–Kier alpha value is -2.41. The molecule has 2 aromatic rings. The first-order valence-electron chi connectivity index (χ1n) is 11.3. The average molecular weight is 412 g/mol. The van der Waals surface area contributed by atoms with Crippen molar-refractivity contribution in [2.75, 3.05) is 31.1 Å². The Morgan fingerprint density at radius 3 is 2.53 bits per heavy atom. The number of anilines is 1. The van der Waals surface area contributed by atoms with Crippen LogP contribution in [-0.2, 0) is 17.9 Å². The molecule has 0 atom stereocenters. The van der Waals surface area contributed by atoms with Crippen LogP contribution in [0.1, 0.15) is 55.7 Å². The van der Waals surface area contributed by atoms with Crippen LogP contribution >= 0.6 is 0 Å². The number of carbonyl (C=O) groups excluding carboxylic acids is 1. The average Bonchev–Trinajstić information content (AvgIpc) is 3.05. The molecule has 0 aromatic carbocycles. The summed E-state index contributed by atoms with van der Waals surface area (Å²) < 4.78 is 5.97. The number of piperidine rings is 1. The Labute approximate surface area is 178 Å². The van der Waals surface area contributed by atoms with Crippen molar-refractivity contribution in [1.82, 2.24) is 20.2 Å². The van der Waals surface area contributed by atoms with Gasteiger partial charge in [-0.2, -0.15) is 0 Å². The Bertz CT molecular complexity index is 821. The van der Waals surface area contributed by atoms with Crippen molar-refractivity contribution in [2.24, 2.45) is 5.92 Å². The summed E-state index contributed by atoms with van der Waals surface area (Å²) in [5, 5.41) is 3.06. The van der Waals surface area contributed by atoms with E-state index in [2.05, 4.69) is 25.1 Å². The molecule has 2 aliphatic rings. The minimum absolute atomic E-state index is 0.0394. The van der Waals surface area contributed by atoms with Gasteiger partial charge in [0, 0.05) is 30.9 Å². The Morgan fingerprint density at radius 1 is 1.07 bits per heavy atom. The SMILES string of the molecule is Cc1ccnc(N2CCC(C(=O)NCc3ccc(CN4CCCCCC4)o3)CC2)n1. The maximum absolute atomic E-state index is 12.6. The number of aromatic nitrogens is 2. The summed E-state index contributed by atoms with van der Waals surface area (Å²) in [5.74, 6) is 2.75. The lowest BCUT2D eigenvalue weighted by Gasteiger charge is -2.31. The summed E-state index contributed by atoms with van der Waals surface area (Å²) in [6, 6.07) is 5.94. The lowest BCUT2D eigenvalue weighted by Crippen LogP contribution is -2.41. The number of amides is 1. The first-order valence-corrected chi connectivity index (χ1v) is 11.3. The fourth-order valence-corrected chi connectivity index (χ4v) is 4.37. The van der Waals surface area contributed by atoms with Crippen LogP contribution < -0.4 is 10.2 Å². The first kappa shape index (κ1) is 20.8. The number of nitrogens with one attached hydrogen (secondary N) is 1. The van der Waals surface area contributed by atoms with Crippen molar-refractivity contribution in [2.45, 2.75) is 58.5 Å². The van der Waals surface area contributed by atoms with E-state index in [-0.39, 0.29) is 11.8 Å². The molecule has 2 aliphatic heterocycles. The zero-order valence-corrected chi connectivity index (χ0v) is 18.0. The van der Waals surface area contributed by atoms with Gasteiger partial charge in [-0.3, -0.25) is 9.69 Å². The molecular weight excluding hydrogens is 378 g/mol. The zero-order valence-electron chi connectivity index (χ0n) is 18.0. The van der Waals surface area contributed by atoms with E-state index in [0.717, 1.165) is 68.7 Å². The fraction of sp³-hybridized carbons (Fsp3) is 0.609. The summed E-state index contributed by atoms with van der Waals surface area (Å²) in [4.78, 5) is 26.1. The maximum atomic E-state index is 12.6. The van der Waals surface area contributed by atoms with E-state index >= 15 is 0 Å². The minimum atomic E-state index is 0.0394.